The van der Waals surface area contributed by atoms with Crippen LogP contribution in [0.25, 0.3) is 0 Å². The lowest BCUT2D eigenvalue weighted by molar-refractivity contribution is -0.196. The van der Waals surface area contributed by atoms with Crippen LogP contribution in [0.4, 0.5) is 9.59 Å². The van der Waals surface area contributed by atoms with Crippen molar-refractivity contribution < 1.29 is 38.9 Å². The smallest absolute Gasteiger partial charge is 0.408 e. The Balaban J connectivity index is 3.39. The van der Waals surface area contributed by atoms with E-state index in [2.05, 4.69) is 25.5 Å². The molecule has 0 aliphatic carbocycles. The number of aliphatic hydroxyl groups is 2. The second kappa shape index (κ2) is 36.0. The van der Waals surface area contributed by atoms with Crippen molar-refractivity contribution in [3.05, 3.63) is 0 Å². The molecule has 0 rings (SSSR count). The maximum absolute atomic E-state index is 12.0. The predicted octanol–water partition coefficient (Wildman–Crippen LogP) is 4.90. The second-order valence-electron chi connectivity index (χ2n) is 5.97. The molecule has 240 valence electrons. The molecule has 0 radical (unpaired) electrons. The molecule has 0 bridgehead atoms. The Morgan fingerprint density at radius 2 is 1.41 bits per heavy atom. The minimum Gasteiger partial charge on any atom is -0.610 e. The van der Waals surface area contributed by atoms with Crippen LogP contribution in [0.1, 0.15) is 0 Å². The molecule has 0 aromatic rings. The number of aliphatic imine (C=N–C) groups is 2. The van der Waals surface area contributed by atoms with Gasteiger partial charge in [0.15, 0.2) is 5.08 Å². The Kier molecular flexibility index (Phi) is 37.4. The van der Waals surface area contributed by atoms with E-state index in [9.17, 15) is 14.1 Å². The van der Waals surface area contributed by atoms with Crippen molar-refractivity contribution in [2.45, 2.75) is 0 Å². The first-order chi connectivity index (χ1) is 20.1. The monoisotopic (exact) mass is 786 g/mol. The number of hydrogen-bond donors (Lipinski definition) is 4. The van der Waals surface area contributed by atoms with Crippen LogP contribution in [0.2, 0.25) is 0 Å². The normalized spacial score (nSPS) is 12.2. The summed E-state index contributed by atoms with van der Waals surface area (Å²) in [6.07, 6.45) is 0.704. The number of thioether (sulfide) groups is 10. The molecule has 0 saturated heterocycles. The zero-order valence-corrected chi connectivity index (χ0v) is 30.8. The van der Waals surface area contributed by atoms with Crippen LogP contribution < -0.4 is 10.6 Å². The Hall–Kier alpha value is 1.57. The van der Waals surface area contributed by atoms with Gasteiger partial charge in [-0.3, -0.25) is 4.79 Å². The summed E-state index contributed by atoms with van der Waals surface area (Å²) in [5.41, 5.74) is 1.48. The molecular weight excluding hydrogens is 753 g/mol. The maximum atomic E-state index is 12.0. The van der Waals surface area contributed by atoms with Gasteiger partial charge in [0, 0.05) is 36.6 Å². The molecule has 4 N–H and O–H groups in total. The third-order valence-electron chi connectivity index (χ3n) is 3.07. The molecule has 0 saturated carbocycles. The molecule has 0 fully saturated rings. The molecule has 0 aromatic heterocycles. The average Bonchev–Trinajstić information content (AvgIpc) is 2.96. The third-order valence-corrected chi connectivity index (χ3v) is 14.2. The van der Waals surface area contributed by atoms with Gasteiger partial charge in [-0.05, 0) is 0 Å². The molecule has 41 heavy (non-hydrogen) atoms. The molecule has 2 amide bonds. The number of carbonyl (C=O) groups is 2. The van der Waals surface area contributed by atoms with Crippen LogP contribution in [0.3, 0.4) is 0 Å². The van der Waals surface area contributed by atoms with Crippen LogP contribution in [0.5, 0.6) is 0 Å². The highest BCUT2D eigenvalue weighted by atomic mass is 32.3. The van der Waals surface area contributed by atoms with Crippen molar-refractivity contribution in [1.29, 1.82) is 0 Å². The fraction of sp³-hybridized carbons (Fsp3) is 0.778. The summed E-state index contributed by atoms with van der Waals surface area (Å²) < 4.78 is 16.8. The molecule has 23 heteroatoms. The van der Waals surface area contributed by atoms with Crippen LogP contribution >= 0.6 is 118 Å². The Bertz CT molecular complexity index is 680. The zero-order valence-electron chi connectivity index (χ0n) is 21.8. The van der Waals surface area contributed by atoms with E-state index in [0.717, 1.165) is 32.1 Å². The summed E-state index contributed by atoms with van der Waals surface area (Å²) in [6, 6.07) is 0. The molecule has 0 aliphatic rings. The Morgan fingerprint density at radius 1 is 0.780 bits per heavy atom. The number of carbonyl (C=O) groups excluding carboxylic acids is 2. The van der Waals surface area contributed by atoms with Crippen molar-refractivity contribution in [3.63, 3.8) is 0 Å². The summed E-state index contributed by atoms with van der Waals surface area (Å²) in [6.45, 7) is 0. The van der Waals surface area contributed by atoms with Gasteiger partial charge in [-0.2, -0.15) is 4.89 Å². The standard InChI is InChI=1S/C18H34N4O8S11/c23-7-35-9-28-17(25)21-4-33-12-32-3-20-6-41(27)16-39-14-37-13-38-15-40-18(26)22-5-34-11-31-2-19-1-29-30-10-36-8-24/h1,6,23-24H,2-5,7-16H2,(H,21,25)(H,22,26)/b19-1+,20-6+. The van der Waals surface area contributed by atoms with Crippen LogP contribution in [0.15, 0.2) is 9.98 Å². The fourth-order valence-electron chi connectivity index (χ4n) is 1.57. The summed E-state index contributed by atoms with van der Waals surface area (Å²) in [5.74, 6) is 2.22. The van der Waals surface area contributed by atoms with Gasteiger partial charge in [0.25, 0.3) is 5.24 Å². The number of amides is 2. The molecule has 12 nitrogen and oxygen atoms in total. The van der Waals surface area contributed by atoms with E-state index >= 15 is 0 Å². The number of nitrogens with one attached hydrogen (secondary N) is 2. The first kappa shape index (κ1) is 42.6. The van der Waals surface area contributed by atoms with Crippen LogP contribution in [-0.2, 0) is 25.7 Å². The molecular formula is C18H34N4O8S11. The van der Waals surface area contributed by atoms with Crippen LogP contribution in [-0.4, -0.2) is 116 Å². The van der Waals surface area contributed by atoms with E-state index < -0.39 is 17.3 Å². The number of rotatable bonds is 29. The summed E-state index contributed by atoms with van der Waals surface area (Å²) in [4.78, 5) is 40.7. The van der Waals surface area contributed by atoms with E-state index in [4.69, 9.17) is 19.8 Å². The number of alkyl carbamates (subject to hydrolysis) is 1. The van der Waals surface area contributed by atoms with Gasteiger partial charge in [-0.15, -0.1) is 82.3 Å². The lowest BCUT2D eigenvalue weighted by Crippen LogP contribution is -2.23. The van der Waals surface area contributed by atoms with Crippen molar-refractivity contribution in [2.75, 3.05) is 77.8 Å². The van der Waals surface area contributed by atoms with Crippen molar-refractivity contribution in [2.24, 2.45) is 9.98 Å². The van der Waals surface area contributed by atoms with E-state index in [1.807, 2.05) is 0 Å². The van der Waals surface area contributed by atoms with Gasteiger partial charge in [-0.1, -0.05) is 35.3 Å². The van der Waals surface area contributed by atoms with Crippen molar-refractivity contribution >= 4 is 152 Å². The SMILES string of the molecule is O=C(NCSCSC/N=C/[S+]([O-])CSCSCSCSC(=O)NCSCSC/N=C/OOCSCO)OCSCO. The zero-order chi connectivity index (χ0) is 30.1. The topological polar surface area (TPSA) is 174 Å². The van der Waals surface area contributed by atoms with Crippen LogP contribution in [0, 0.1) is 0 Å². The van der Waals surface area contributed by atoms with Gasteiger partial charge < -0.3 is 35.0 Å². The first-order valence-electron chi connectivity index (χ1n) is 11.0. The highest BCUT2D eigenvalue weighted by molar-refractivity contribution is 8.30. The molecule has 0 aromatic carbocycles. The van der Waals surface area contributed by atoms with E-state index in [-0.39, 0.29) is 29.0 Å². The first-order valence-corrected chi connectivity index (χ1v) is 23.7. The molecule has 0 aliphatic heterocycles. The second-order valence-corrected chi connectivity index (χ2v) is 19.0. The summed E-state index contributed by atoms with van der Waals surface area (Å²) in [7, 11) is 0. The van der Waals surface area contributed by atoms with Gasteiger partial charge in [-0.25, -0.2) is 14.8 Å². The largest absolute Gasteiger partial charge is 0.610 e. The van der Waals surface area contributed by atoms with Gasteiger partial charge in [0.2, 0.25) is 11.9 Å². The lowest BCUT2D eigenvalue weighted by Gasteiger charge is -2.06. The quantitative estimate of drug-likeness (QED) is 0.0153. The van der Waals surface area contributed by atoms with E-state index in [1.165, 1.54) is 47.2 Å². The molecule has 0 heterocycles. The average molecular weight is 787 g/mol. The predicted molar refractivity (Wildman–Crippen MR) is 194 cm³/mol. The highest BCUT2D eigenvalue weighted by Gasteiger charge is 2.04. The number of hydrogen-bond acceptors (Lipinski definition) is 20. The summed E-state index contributed by atoms with van der Waals surface area (Å²) in [5, 5.41) is 26.9. The minimum atomic E-state index is -1.11. The third kappa shape index (κ3) is 35.9. The van der Waals surface area contributed by atoms with Crippen molar-refractivity contribution in [1.82, 2.24) is 10.6 Å². The number of ether oxygens (including phenoxy) is 1. The maximum Gasteiger partial charge on any atom is 0.408 e. The minimum absolute atomic E-state index is 0.0250. The molecule has 0 spiro atoms. The van der Waals surface area contributed by atoms with Gasteiger partial charge in [0.05, 0.1) is 35.4 Å². The van der Waals surface area contributed by atoms with Gasteiger partial charge in [0.1, 0.15) is 11.9 Å². The number of aliphatic hydroxyl groups excluding tert-OH is 2. The fourth-order valence-corrected chi connectivity index (χ4v) is 10.9. The Morgan fingerprint density at radius 3 is 2.17 bits per heavy atom. The molecule has 1 atom stereocenters. The van der Waals surface area contributed by atoms with E-state index in [0.29, 0.717) is 33.7 Å². The highest BCUT2D eigenvalue weighted by Crippen LogP contribution is 2.22. The number of nitrogens with zero attached hydrogens (tertiary/aromatic N) is 2. The lowest BCUT2D eigenvalue weighted by atomic mass is 11.1. The van der Waals surface area contributed by atoms with Crippen molar-refractivity contribution in [3.8, 4) is 0 Å². The molecule has 1 unspecified atom stereocenters. The van der Waals surface area contributed by atoms with E-state index in [1.54, 1.807) is 70.6 Å². The summed E-state index contributed by atoms with van der Waals surface area (Å²) >= 11 is 13.7. The van der Waals surface area contributed by atoms with Gasteiger partial charge >= 0.3 is 6.09 Å². The Labute approximate surface area is 286 Å².